The molecule has 0 aliphatic carbocycles. The van der Waals surface area contributed by atoms with E-state index in [1.54, 1.807) is 11.4 Å². The number of benzene rings is 1. The summed E-state index contributed by atoms with van der Waals surface area (Å²) in [5.41, 5.74) is 2.10. The van der Waals surface area contributed by atoms with E-state index >= 15 is 0 Å². The molecule has 1 saturated heterocycles. The zero-order chi connectivity index (χ0) is 23.1. The van der Waals surface area contributed by atoms with Crippen molar-refractivity contribution < 1.29 is 13.2 Å². The molecule has 0 saturated carbocycles. The van der Waals surface area contributed by atoms with Crippen LogP contribution in [0.5, 0.6) is 0 Å². The second-order valence-corrected chi connectivity index (χ2v) is 9.82. The molecule has 1 aliphatic rings. The SMILES string of the molecule is CCS(=O)(=O)NCc1cc(N2CCC(C)C2)cn2nc(C(=O)NC)nc12.c1ccccc1. The molecule has 0 radical (unpaired) electrons. The molecule has 1 fully saturated rings. The summed E-state index contributed by atoms with van der Waals surface area (Å²) in [7, 11) is -1.83. The molecule has 3 aromatic rings. The normalized spacial score (nSPS) is 16.0. The third-order valence-electron chi connectivity index (χ3n) is 5.24. The Morgan fingerprint density at radius 2 is 1.84 bits per heavy atom. The summed E-state index contributed by atoms with van der Waals surface area (Å²) in [4.78, 5) is 18.4. The van der Waals surface area contributed by atoms with Crippen molar-refractivity contribution in [2.24, 2.45) is 5.92 Å². The largest absolute Gasteiger partial charge is 0.370 e. The van der Waals surface area contributed by atoms with E-state index in [2.05, 4.69) is 31.9 Å². The number of hydrogen-bond donors (Lipinski definition) is 2. The molecule has 1 unspecified atom stereocenters. The molecule has 1 aliphatic heterocycles. The molecule has 172 valence electrons. The van der Waals surface area contributed by atoms with E-state index in [1.807, 2.05) is 48.7 Å². The molecular weight excluding hydrogens is 428 g/mol. The molecular formula is C22H30N6O3S. The number of aromatic nitrogens is 3. The predicted molar refractivity (Wildman–Crippen MR) is 125 cm³/mol. The highest BCUT2D eigenvalue weighted by Crippen LogP contribution is 2.26. The molecule has 4 rings (SSSR count). The van der Waals surface area contributed by atoms with Crippen LogP contribution in [0.15, 0.2) is 48.7 Å². The lowest BCUT2D eigenvalue weighted by molar-refractivity contribution is 0.0953. The maximum atomic E-state index is 11.9. The van der Waals surface area contributed by atoms with Gasteiger partial charge in [0.2, 0.25) is 15.8 Å². The number of fused-ring (bicyclic) bond motifs is 1. The Bertz CT molecular complexity index is 1120. The number of amides is 1. The standard InChI is InChI=1S/C16H24N6O3S.C6H6/c1-4-26(24,25)18-8-12-7-13(21-6-5-11(2)9-21)10-22-15(12)19-14(20-22)16(23)17-3;1-2-4-6-5-3-1/h7,10-11,18H,4-6,8-9H2,1-3H3,(H,17,23);1-6H. The van der Waals surface area contributed by atoms with Gasteiger partial charge in [-0.05, 0) is 25.3 Å². The smallest absolute Gasteiger partial charge is 0.290 e. The molecule has 1 atom stereocenters. The minimum atomic E-state index is -3.34. The van der Waals surface area contributed by atoms with Gasteiger partial charge >= 0.3 is 0 Å². The number of sulfonamides is 1. The Morgan fingerprint density at radius 3 is 2.38 bits per heavy atom. The van der Waals surface area contributed by atoms with Crippen molar-refractivity contribution in [3.8, 4) is 0 Å². The predicted octanol–water partition coefficient (Wildman–Crippen LogP) is 2.06. The molecule has 2 N–H and O–H groups in total. The first-order valence-electron chi connectivity index (χ1n) is 10.7. The number of rotatable bonds is 6. The monoisotopic (exact) mass is 458 g/mol. The van der Waals surface area contributed by atoms with Gasteiger partial charge in [-0.2, -0.15) is 0 Å². The number of anilines is 1. The molecule has 32 heavy (non-hydrogen) atoms. The summed E-state index contributed by atoms with van der Waals surface area (Å²) >= 11 is 0. The third kappa shape index (κ3) is 6.04. The first-order chi connectivity index (χ1) is 15.3. The number of pyridine rings is 1. The summed E-state index contributed by atoms with van der Waals surface area (Å²) in [6, 6.07) is 13.9. The summed E-state index contributed by atoms with van der Waals surface area (Å²) < 4.78 is 27.8. The zero-order valence-corrected chi connectivity index (χ0v) is 19.5. The highest BCUT2D eigenvalue weighted by molar-refractivity contribution is 7.89. The van der Waals surface area contributed by atoms with Crippen LogP contribution >= 0.6 is 0 Å². The van der Waals surface area contributed by atoms with E-state index in [4.69, 9.17) is 0 Å². The summed E-state index contributed by atoms with van der Waals surface area (Å²) in [5, 5.41) is 6.75. The molecule has 2 aromatic heterocycles. The van der Waals surface area contributed by atoms with Gasteiger partial charge in [0.05, 0.1) is 17.6 Å². The van der Waals surface area contributed by atoms with Crippen LogP contribution in [0, 0.1) is 5.92 Å². The van der Waals surface area contributed by atoms with Gasteiger partial charge in [-0.25, -0.2) is 22.6 Å². The van der Waals surface area contributed by atoms with Crippen molar-refractivity contribution >= 4 is 27.3 Å². The number of nitrogens with zero attached hydrogens (tertiary/aromatic N) is 4. The molecule has 0 spiro atoms. The maximum absolute atomic E-state index is 11.9. The lowest BCUT2D eigenvalue weighted by atomic mass is 10.2. The van der Waals surface area contributed by atoms with E-state index in [9.17, 15) is 13.2 Å². The van der Waals surface area contributed by atoms with Crippen molar-refractivity contribution in [3.63, 3.8) is 0 Å². The number of carbonyl (C=O) groups is 1. The first-order valence-corrected chi connectivity index (χ1v) is 12.3. The summed E-state index contributed by atoms with van der Waals surface area (Å²) in [5.74, 6) is 0.275. The highest BCUT2D eigenvalue weighted by atomic mass is 32.2. The summed E-state index contributed by atoms with van der Waals surface area (Å²) in [6.45, 7) is 5.75. The highest BCUT2D eigenvalue weighted by Gasteiger charge is 2.22. The molecule has 1 aromatic carbocycles. The molecule has 0 bridgehead atoms. The van der Waals surface area contributed by atoms with Gasteiger partial charge in [-0.1, -0.05) is 43.3 Å². The Morgan fingerprint density at radius 1 is 1.19 bits per heavy atom. The lowest BCUT2D eigenvalue weighted by Gasteiger charge is -2.19. The van der Waals surface area contributed by atoms with Crippen molar-refractivity contribution in [2.75, 3.05) is 30.8 Å². The van der Waals surface area contributed by atoms with Gasteiger partial charge in [0.1, 0.15) is 0 Å². The van der Waals surface area contributed by atoms with Crippen LogP contribution in [0.25, 0.3) is 5.65 Å². The summed E-state index contributed by atoms with van der Waals surface area (Å²) in [6.07, 6.45) is 2.95. The van der Waals surface area contributed by atoms with Crippen LogP contribution in [-0.2, 0) is 16.6 Å². The van der Waals surface area contributed by atoms with Crippen LogP contribution in [0.1, 0.15) is 36.5 Å². The quantitative estimate of drug-likeness (QED) is 0.585. The molecule has 9 nitrogen and oxygen atoms in total. The van der Waals surface area contributed by atoms with Crippen molar-refractivity contribution in [1.82, 2.24) is 24.6 Å². The first kappa shape index (κ1) is 23.7. The molecule has 1 amide bonds. The van der Waals surface area contributed by atoms with E-state index in [0.717, 1.165) is 25.2 Å². The molecule has 10 heteroatoms. The van der Waals surface area contributed by atoms with Gasteiger partial charge in [-0.3, -0.25) is 4.79 Å². The lowest BCUT2D eigenvalue weighted by Crippen LogP contribution is -2.25. The Balaban J connectivity index is 0.000000416. The van der Waals surface area contributed by atoms with Crippen LogP contribution < -0.4 is 14.9 Å². The van der Waals surface area contributed by atoms with Crippen molar-refractivity contribution in [3.05, 3.63) is 60.0 Å². The van der Waals surface area contributed by atoms with Crippen LogP contribution in [0.4, 0.5) is 5.69 Å². The third-order valence-corrected chi connectivity index (χ3v) is 6.59. The second-order valence-electron chi connectivity index (χ2n) is 7.73. The fourth-order valence-corrected chi connectivity index (χ4v) is 3.97. The number of carbonyl (C=O) groups excluding carboxylic acids is 1. The molecule has 3 heterocycles. The fraction of sp³-hybridized carbons (Fsp3) is 0.409. The van der Waals surface area contributed by atoms with Crippen molar-refractivity contribution in [2.45, 2.75) is 26.8 Å². The minimum Gasteiger partial charge on any atom is -0.370 e. The average Bonchev–Trinajstić information content (AvgIpc) is 3.45. The van der Waals surface area contributed by atoms with Gasteiger partial charge in [0.15, 0.2) is 5.65 Å². The van der Waals surface area contributed by atoms with Crippen LogP contribution in [-0.4, -0.2) is 54.8 Å². The Hall–Kier alpha value is -2.98. The Kier molecular flexibility index (Phi) is 7.81. The van der Waals surface area contributed by atoms with E-state index in [0.29, 0.717) is 17.1 Å². The second kappa shape index (κ2) is 10.6. The maximum Gasteiger partial charge on any atom is 0.290 e. The fourth-order valence-electron chi connectivity index (χ4n) is 3.39. The van der Waals surface area contributed by atoms with Gasteiger partial charge < -0.3 is 10.2 Å². The Labute approximate surface area is 188 Å². The van der Waals surface area contributed by atoms with Crippen LogP contribution in [0.2, 0.25) is 0 Å². The minimum absolute atomic E-state index is 0.00278. The average molecular weight is 459 g/mol. The number of hydrogen-bond acceptors (Lipinski definition) is 6. The van der Waals surface area contributed by atoms with E-state index < -0.39 is 10.0 Å². The topological polar surface area (TPSA) is 109 Å². The van der Waals surface area contributed by atoms with Gasteiger partial charge in [0, 0.05) is 32.2 Å². The van der Waals surface area contributed by atoms with E-state index in [1.165, 1.54) is 7.05 Å². The van der Waals surface area contributed by atoms with E-state index in [-0.39, 0.29) is 24.0 Å². The van der Waals surface area contributed by atoms with Gasteiger partial charge in [0.25, 0.3) is 5.91 Å². The van der Waals surface area contributed by atoms with Crippen LogP contribution in [0.3, 0.4) is 0 Å². The van der Waals surface area contributed by atoms with Crippen molar-refractivity contribution in [1.29, 1.82) is 0 Å². The van der Waals surface area contributed by atoms with Gasteiger partial charge in [-0.15, -0.1) is 5.10 Å². The zero-order valence-electron chi connectivity index (χ0n) is 18.7. The number of nitrogens with one attached hydrogen (secondary N) is 2.